The molecule has 0 bridgehead atoms. The van der Waals surface area contributed by atoms with E-state index in [9.17, 15) is 0 Å². The third kappa shape index (κ3) is 2.21. The van der Waals surface area contributed by atoms with E-state index >= 15 is 0 Å². The van der Waals surface area contributed by atoms with Crippen molar-refractivity contribution in [3.63, 3.8) is 0 Å². The Hall–Kier alpha value is 0.310. The summed E-state index contributed by atoms with van der Waals surface area (Å²) in [6.07, 6.45) is 8.13. The van der Waals surface area contributed by atoms with Gasteiger partial charge in [0.2, 0.25) is 0 Å². The van der Waals surface area contributed by atoms with Crippen LogP contribution in [0.4, 0.5) is 0 Å². The van der Waals surface area contributed by atoms with E-state index in [-0.39, 0.29) is 0 Å². The summed E-state index contributed by atoms with van der Waals surface area (Å²) in [6.45, 7) is 0.389. The highest BCUT2D eigenvalue weighted by Crippen LogP contribution is 2.45. The highest BCUT2D eigenvalue weighted by atomic mass is 32.2. The van der Waals surface area contributed by atoms with Crippen molar-refractivity contribution in [1.29, 1.82) is 0 Å². The van der Waals surface area contributed by atoms with E-state index in [1.165, 1.54) is 37.9 Å². The lowest BCUT2D eigenvalue weighted by atomic mass is 9.72. The zero-order valence-corrected chi connectivity index (χ0v) is 9.06. The first-order valence-electron chi connectivity index (χ1n) is 5.64. The molecule has 0 aromatic heterocycles. The van der Waals surface area contributed by atoms with Gasteiger partial charge in [-0.25, -0.2) is 0 Å². The molecule has 0 radical (unpaired) electrons. The molecule has 2 atom stereocenters. The van der Waals surface area contributed by atoms with Gasteiger partial charge in [0, 0.05) is 11.9 Å². The minimum atomic E-state index is 0.389. The fraction of sp³-hybridized carbons (Fsp3) is 1.00. The van der Waals surface area contributed by atoms with Crippen LogP contribution in [0, 0.1) is 11.8 Å². The minimum Gasteiger partial charge on any atom is -0.396 e. The van der Waals surface area contributed by atoms with Crippen LogP contribution in [-0.4, -0.2) is 22.7 Å². The molecule has 13 heavy (non-hydrogen) atoms. The predicted molar refractivity (Wildman–Crippen MR) is 58.0 cm³/mol. The van der Waals surface area contributed by atoms with Gasteiger partial charge in [-0.2, -0.15) is 11.8 Å². The normalized spacial score (nSPS) is 30.7. The first-order valence-corrected chi connectivity index (χ1v) is 6.69. The van der Waals surface area contributed by atoms with Crippen LogP contribution >= 0.6 is 11.8 Å². The molecule has 1 N–H and O–H groups in total. The fourth-order valence-corrected chi connectivity index (χ4v) is 3.63. The lowest BCUT2D eigenvalue weighted by Gasteiger charge is -2.42. The summed E-state index contributed by atoms with van der Waals surface area (Å²) in [5.74, 6) is 3.34. The van der Waals surface area contributed by atoms with Crippen LogP contribution in [0.2, 0.25) is 0 Å². The minimum absolute atomic E-state index is 0.389. The molecule has 2 rings (SSSR count). The number of rotatable bonds is 5. The average molecular weight is 200 g/mol. The second-order valence-electron chi connectivity index (χ2n) is 4.42. The molecule has 2 fully saturated rings. The van der Waals surface area contributed by atoms with Crippen molar-refractivity contribution in [3.05, 3.63) is 0 Å². The summed E-state index contributed by atoms with van der Waals surface area (Å²) in [5, 5.41) is 9.81. The van der Waals surface area contributed by atoms with Crippen molar-refractivity contribution < 1.29 is 5.11 Å². The van der Waals surface area contributed by atoms with Crippen molar-refractivity contribution in [1.82, 2.24) is 0 Å². The fourth-order valence-electron chi connectivity index (χ4n) is 2.51. The van der Waals surface area contributed by atoms with E-state index in [0.717, 1.165) is 23.5 Å². The van der Waals surface area contributed by atoms with Crippen LogP contribution in [0.3, 0.4) is 0 Å². The molecular weight excluding hydrogens is 180 g/mol. The Balaban J connectivity index is 1.78. The van der Waals surface area contributed by atoms with Crippen LogP contribution in [0.25, 0.3) is 0 Å². The molecule has 76 valence electrons. The third-order valence-corrected chi connectivity index (χ3v) is 5.15. The van der Waals surface area contributed by atoms with E-state index in [1.54, 1.807) is 0 Å². The zero-order valence-electron chi connectivity index (χ0n) is 8.24. The van der Waals surface area contributed by atoms with Crippen LogP contribution in [0.15, 0.2) is 0 Å². The molecule has 0 aromatic rings. The largest absolute Gasteiger partial charge is 0.396 e. The van der Waals surface area contributed by atoms with E-state index in [0.29, 0.717) is 6.61 Å². The van der Waals surface area contributed by atoms with Crippen molar-refractivity contribution in [3.8, 4) is 0 Å². The Kier molecular flexibility index (Phi) is 3.56. The Morgan fingerprint density at radius 3 is 2.46 bits per heavy atom. The molecule has 1 aliphatic carbocycles. The first kappa shape index (κ1) is 9.85. The molecule has 1 saturated carbocycles. The Bertz CT molecular complexity index is 138. The van der Waals surface area contributed by atoms with E-state index in [4.69, 9.17) is 5.11 Å². The first-order chi connectivity index (χ1) is 6.42. The highest BCUT2D eigenvalue weighted by Gasteiger charge is 2.35. The number of aliphatic hydroxyl groups excluding tert-OH is 1. The molecule has 0 aromatic carbocycles. The molecule has 0 amide bonds. The van der Waals surface area contributed by atoms with Crippen LogP contribution < -0.4 is 0 Å². The molecule has 0 spiro atoms. The van der Waals surface area contributed by atoms with Gasteiger partial charge in [-0.3, -0.25) is 0 Å². The Morgan fingerprint density at radius 2 is 2.08 bits per heavy atom. The SMILES string of the molecule is OCCCC(C1CCC1)C1CCS1. The maximum atomic E-state index is 8.85. The van der Waals surface area contributed by atoms with Gasteiger partial charge in [0.15, 0.2) is 0 Å². The summed E-state index contributed by atoms with van der Waals surface area (Å²) in [4.78, 5) is 0. The topological polar surface area (TPSA) is 20.2 Å². The molecule has 1 saturated heterocycles. The molecule has 1 nitrogen and oxygen atoms in total. The quantitative estimate of drug-likeness (QED) is 0.736. The van der Waals surface area contributed by atoms with Gasteiger partial charge in [0.05, 0.1) is 0 Å². The number of hydrogen-bond acceptors (Lipinski definition) is 2. The third-order valence-electron chi connectivity index (χ3n) is 3.66. The molecular formula is C11H20OS. The van der Waals surface area contributed by atoms with Crippen LogP contribution in [0.1, 0.15) is 38.5 Å². The summed E-state index contributed by atoms with van der Waals surface area (Å²) in [6, 6.07) is 0. The monoisotopic (exact) mass is 200 g/mol. The van der Waals surface area contributed by atoms with Crippen molar-refractivity contribution in [2.45, 2.75) is 43.8 Å². The Labute approximate surface area is 85.3 Å². The molecule has 1 heterocycles. The number of aliphatic hydroxyl groups is 1. The predicted octanol–water partition coefficient (Wildman–Crippen LogP) is 2.68. The van der Waals surface area contributed by atoms with E-state index in [1.807, 2.05) is 0 Å². The lowest BCUT2D eigenvalue weighted by Crippen LogP contribution is -2.35. The molecule has 1 aliphatic heterocycles. The van der Waals surface area contributed by atoms with Gasteiger partial charge in [0.25, 0.3) is 0 Å². The zero-order chi connectivity index (χ0) is 9.10. The maximum absolute atomic E-state index is 8.85. The molecule has 2 aliphatic rings. The maximum Gasteiger partial charge on any atom is 0.0431 e. The highest BCUT2D eigenvalue weighted by molar-refractivity contribution is 8.01. The Morgan fingerprint density at radius 1 is 1.31 bits per heavy atom. The van der Waals surface area contributed by atoms with Crippen LogP contribution in [0.5, 0.6) is 0 Å². The summed E-state index contributed by atoms with van der Waals surface area (Å²) >= 11 is 2.16. The second-order valence-corrected chi connectivity index (χ2v) is 5.77. The average Bonchev–Trinajstić information content (AvgIpc) is 1.93. The summed E-state index contributed by atoms with van der Waals surface area (Å²) < 4.78 is 0. The second kappa shape index (κ2) is 4.70. The van der Waals surface area contributed by atoms with Gasteiger partial charge in [-0.05, 0) is 36.9 Å². The van der Waals surface area contributed by atoms with Crippen molar-refractivity contribution >= 4 is 11.8 Å². The summed E-state index contributed by atoms with van der Waals surface area (Å²) in [7, 11) is 0. The smallest absolute Gasteiger partial charge is 0.0431 e. The summed E-state index contributed by atoms with van der Waals surface area (Å²) in [5.41, 5.74) is 0. The van der Waals surface area contributed by atoms with Crippen molar-refractivity contribution in [2.24, 2.45) is 11.8 Å². The van der Waals surface area contributed by atoms with E-state index in [2.05, 4.69) is 11.8 Å². The van der Waals surface area contributed by atoms with Gasteiger partial charge < -0.3 is 5.11 Å². The molecule has 2 unspecified atom stereocenters. The standard InChI is InChI=1S/C11H20OS/c12-7-2-5-10(9-3-1-4-9)11-6-8-13-11/h9-12H,1-8H2. The number of thioether (sulfide) groups is 1. The number of hydrogen-bond donors (Lipinski definition) is 1. The van der Waals surface area contributed by atoms with Gasteiger partial charge in [0.1, 0.15) is 0 Å². The van der Waals surface area contributed by atoms with Gasteiger partial charge in [-0.1, -0.05) is 19.3 Å². The van der Waals surface area contributed by atoms with Gasteiger partial charge >= 0.3 is 0 Å². The van der Waals surface area contributed by atoms with Crippen LogP contribution in [-0.2, 0) is 0 Å². The molecule has 2 heteroatoms. The lowest BCUT2D eigenvalue weighted by molar-refractivity contribution is 0.171. The van der Waals surface area contributed by atoms with Crippen molar-refractivity contribution in [2.75, 3.05) is 12.4 Å². The van der Waals surface area contributed by atoms with Gasteiger partial charge in [-0.15, -0.1) is 0 Å². The van der Waals surface area contributed by atoms with E-state index < -0.39 is 0 Å².